The van der Waals surface area contributed by atoms with Crippen LogP contribution in [0, 0.1) is 11.3 Å². The number of benzene rings is 2. The Balaban J connectivity index is 1.45. The summed E-state index contributed by atoms with van der Waals surface area (Å²) < 4.78 is 5.90. The van der Waals surface area contributed by atoms with Gasteiger partial charge in [0, 0.05) is 41.4 Å². The minimum Gasteiger partial charge on any atom is -0.489 e. The fourth-order valence-corrected chi connectivity index (χ4v) is 3.72. The van der Waals surface area contributed by atoms with Crippen LogP contribution in [0.5, 0.6) is 5.75 Å². The van der Waals surface area contributed by atoms with Crippen LogP contribution in [0.2, 0.25) is 0 Å². The number of nitrogens with one attached hydrogen (secondary N) is 3. The highest BCUT2D eigenvalue weighted by atomic mass is 16.5. The van der Waals surface area contributed by atoms with E-state index in [1.807, 2.05) is 68.4 Å². The Kier molecular flexibility index (Phi) is 6.22. The van der Waals surface area contributed by atoms with Gasteiger partial charge in [0.25, 0.3) is 0 Å². The van der Waals surface area contributed by atoms with Gasteiger partial charge in [0.15, 0.2) is 0 Å². The Labute approximate surface area is 187 Å². The molecular weight excluding hydrogens is 402 g/mol. The number of urea groups is 1. The summed E-state index contributed by atoms with van der Waals surface area (Å²) in [6, 6.07) is 19.2. The summed E-state index contributed by atoms with van der Waals surface area (Å²) in [7, 11) is 0. The van der Waals surface area contributed by atoms with Crippen molar-refractivity contribution in [3.63, 3.8) is 0 Å². The number of hydrogen-bond donors (Lipinski definition) is 3. The highest BCUT2D eigenvalue weighted by Gasteiger charge is 2.33. The standard InChI is InChI=1S/C25H25N5O2/c1-16(2)28-25(31)29-19-7-5-18(6-8-19)24-22(13-26)21-10-9-20(12-23(21)30-24)32-15-17-4-3-11-27-14-17/h3-12,14,16,22,24,30H,15H2,1-2H3,(H2,28,29,31). The number of anilines is 2. The number of amides is 2. The molecular formula is C25H25N5O2. The summed E-state index contributed by atoms with van der Waals surface area (Å²) in [6.07, 6.45) is 3.51. The topological polar surface area (TPSA) is 99.1 Å². The Morgan fingerprint density at radius 2 is 2.03 bits per heavy atom. The van der Waals surface area contributed by atoms with E-state index in [1.165, 1.54) is 0 Å². The van der Waals surface area contributed by atoms with E-state index in [-0.39, 0.29) is 24.0 Å². The Hall–Kier alpha value is -4.05. The molecule has 2 heterocycles. The number of hydrogen-bond acceptors (Lipinski definition) is 5. The van der Waals surface area contributed by atoms with E-state index in [0.29, 0.717) is 12.3 Å². The fraction of sp³-hybridized carbons (Fsp3) is 0.240. The molecule has 0 saturated heterocycles. The summed E-state index contributed by atoms with van der Waals surface area (Å²) in [5, 5.41) is 18.9. The molecule has 0 spiro atoms. The number of carbonyl (C=O) groups is 1. The zero-order valence-electron chi connectivity index (χ0n) is 18.0. The largest absolute Gasteiger partial charge is 0.489 e. The maximum absolute atomic E-state index is 11.9. The highest BCUT2D eigenvalue weighted by molar-refractivity contribution is 5.89. The maximum atomic E-state index is 11.9. The van der Waals surface area contributed by atoms with Crippen molar-refractivity contribution in [2.24, 2.45) is 0 Å². The molecule has 7 heteroatoms. The van der Waals surface area contributed by atoms with Crippen LogP contribution >= 0.6 is 0 Å². The lowest BCUT2D eigenvalue weighted by Gasteiger charge is -2.16. The van der Waals surface area contributed by atoms with Gasteiger partial charge in [-0.2, -0.15) is 5.26 Å². The van der Waals surface area contributed by atoms with E-state index in [2.05, 4.69) is 27.0 Å². The molecule has 32 heavy (non-hydrogen) atoms. The first-order valence-corrected chi connectivity index (χ1v) is 10.5. The Bertz CT molecular complexity index is 1120. The summed E-state index contributed by atoms with van der Waals surface area (Å²) in [5.74, 6) is 0.411. The monoisotopic (exact) mass is 427 g/mol. The van der Waals surface area contributed by atoms with Gasteiger partial charge in [-0.25, -0.2) is 4.79 Å². The number of aromatic nitrogens is 1. The first-order chi connectivity index (χ1) is 15.5. The van der Waals surface area contributed by atoms with Crippen molar-refractivity contribution >= 4 is 17.4 Å². The molecule has 0 radical (unpaired) electrons. The number of nitriles is 1. The molecule has 1 aromatic heterocycles. The molecule has 1 aliphatic heterocycles. The van der Waals surface area contributed by atoms with E-state index in [0.717, 1.165) is 28.1 Å². The number of nitrogens with zero attached hydrogens (tertiary/aromatic N) is 2. The summed E-state index contributed by atoms with van der Waals surface area (Å²) in [6.45, 7) is 4.24. The van der Waals surface area contributed by atoms with Crippen LogP contribution < -0.4 is 20.7 Å². The van der Waals surface area contributed by atoms with Crippen LogP contribution in [0.15, 0.2) is 67.0 Å². The van der Waals surface area contributed by atoms with Crippen LogP contribution in [0.3, 0.4) is 0 Å². The Morgan fingerprint density at radius 1 is 1.22 bits per heavy atom. The average molecular weight is 428 g/mol. The Morgan fingerprint density at radius 3 is 2.72 bits per heavy atom. The third-order valence-electron chi connectivity index (χ3n) is 5.22. The zero-order chi connectivity index (χ0) is 22.5. The number of rotatable bonds is 6. The lowest BCUT2D eigenvalue weighted by atomic mass is 9.91. The van der Waals surface area contributed by atoms with Crippen molar-refractivity contribution in [2.75, 3.05) is 10.6 Å². The van der Waals surface area contributed by atoms with Crippen LogP contribution in [0.1, 0.15) is 42.5 Å². The van der Waals surface area contributed by atoms with Crippen molar-refractivity contribution in [2.45, 2.75) is 38.5 Å². The van der Waals surface area contributed by atoms with Crippen LogP contribution in [-0.2, 0) is 6.61 Å². The molecule has 3 aromatic rings. The number of pyridine rings is 1. The average Bonchev–Trinajstić information content (AvgIpc) is 3.16. The number of carbonyl (C=O) groups excluding carboxylic acids is 1. The molecule has 1 aliphatic rings. The van der Waals surface area contributed by atoms with Crippen molar-refractivity contribution in [3.8, 4) is 11.8 Å². The van der Waals surface area contributed by atoms with Gasteiger partial charge in [0.1, 0.15) is 12.4 Å². The van der Waals surface area contributed by atoms with Crippen molar-refractivity contribution in [1.29, 1.82) is 5.26 Å². The first-order valence-electron chi connectivity index (χ1n) is 10.5. The molecule has 0 aliphatic carbocycles. The van der Waals surface area contributed by atoms with Gasteiger partial charge < -0.3 is 20.7 Å². The molecule has 2 aromatic carbocycles. The lowest BCUT2D eigenvalue weighted by Crippen LogP contribution is -2.34. The normalized spacial score (nSPS) is 16.6. The van der Waals surface area contributed by atoms with Gasteiger partial charge in [0.05, 0.1) is 18.0 Å². The van der Waals surface area contributed by atoms with E-state index < -0.39 is 0 Å². The van der Waals surface area contributed by atoms with E-state index >= 15 is 0 Å². The molecule has 162 valence electrons. The molecule has 4 rings (SSSR count). The third kappa shape index (κ3) is 4.81. The second kappa shape index (κ2) is 9.40. The smallest absolute Gasteiger partial charge is 0.319 e. The van der Waals surface area contributed by atoms with Gasteiger partial charge in [-0.15, -0.1) is 0 Å². The second-order valence-corrected chi connectivity index (χ2v) is 8.00. The SMILES string of the molecule is CC(C)NC(=O)Nc1ccc(C2Nc3cc(OCc4cccnc4)ccc3C2C#N)cc1. The highest BCUT2D eigenvalue weighted by Crippen LogP contribution is 2.45. The number of fused-ring (bicyclic) bond motifs is 1. The molecule has 3 N–H and O–H groups in total. The second-order valence-electron chi connectivity index (χ2n) is 8.00. The van der Waals surface area contributed by atoms with E-state index in [1.54, 1.807) is 12.4 Å². The van der Waals surface area contributed by atoms with Gasteiger partial charge in [0.2, 0.25) is 0 Å². The third-order valence-corrected chi connectivity index (χ3v) is 5.22. The van der Waals surface area contributed by atoms with E-state index in [9.17, 15) is 10.1 Å². The molecule has 2 atom stereocenters. The maximum Gasteiger partial charge on any atom is 0.319 e. The summed E-state index contributed by atoms with van der Waals surface area (Å²) in [5.41, 5.74) is 4.50. The summed E-state index contributed by atoms with van der Waals surface area (Å²) >= 11 is 0. The van der Waals surface area contributed by atoms with Crippen LogP contribution in [0.25, 0.3) is 0 Å². The molecule has 2 unspecified atom stereocenters. The fourth-order valence-electron chi connectivity index (χ4n) is 3.72. The lowest BCUT2D eigenvalue weighted by molar-refractivity contribution is 0.250. The minimum absolute atomic E-state index is 0.0603. The van der Waals surface area contributed by atoms with Gasteiger partial charge in [-0.3, -0.25) is 4.98 Å². The summed E-state index contributed by atoms with van der Waals surface area (Å²) in [4.78, 5) is 16.0. The van der Waals surface area contributed by atoms with E-state index in [4.69, 9.17) is 4.74 Å². The van der Waals surface area contributed by atoms with Crippen molar-refractivity contribution < 1.29 is 9.53 Å². The van der Waals surface area contributed by atoms with Crippen LogP contribution in [-0.4, -0.2) is 17.1 Å². The molecule has 0 saturated carbocycles. The van der Waals surface area contributed by atoms with Crippen LogP contribution in [0.4, 0.5) is 16.2 Å². The molecule has 0 fully saturated rings. The number of ether oxygens (including phenoxy) is 1. The molecule has 2 amide bonds. The minimum atomic E-state index is -0.319. The first kappa shape index (κ1) is 21.2. The van der Waals surface area contributed by atoms with Gasteiger partial charge in [-0.1, -0.05) is 24.3 Å². The quantitative estimate of drug-likeness (QED) is 0.516. The zero-order valence-corrected chi connectivity index (χ0v) is 18.0. The molecule has 0 bridgehead atoms. The van der Waals surface area contributed by atoms with Crippen molar-refractivity contribution in [1.82, 2.24) is 10.3 Å². The van der Waals surface area contributed by atoms with Gasteiger partial charge in [-0.05, 0) is 49.2 Å². The van der Waals surface area contributed by atoms with Gasteiger partial charge >= 0.3 is 6.03 Å². The molecule has 7 nitrogen and oxygen atoms in total. The van der Waals surface area contributed by atoms with Crippen molar-refractivity contribution in [3.05, 3.63) is 83.7 Å². The predicted molar refractivity (Wildman–Crippen MR) is 123 cm³/mol. The predicted octanol–water partition coefficient (Wildman–Crippen LogP) is 4.96.